The summed E-state index contributed by atoms with van der Waals surface area (Å²) in [6.45, 7) is 2.03. The fourth-order valence-corrected chi connectivity index (χ4v) is 3.08. The van der Waals surface area contributed by atoms with E-state index in [1.54, 1.807) is 11.3 Å². The zero-order valence-corrected chi connectivity index (χ0v) is 9.69. The largest absolute Gasteiger partial charge is 0.481 e. The Morgan fingerprint density at radius 2 is 2.40 bits per heavy atom. The first-order valence-corrected chi connectivity index (χ1v) is 6.17. The lowest BCUT2D eigenvalue weighted by Gasteiger charge is -1.88. The summed E-state index contributed by atoms with van der Waals surface area (Å²) in [6.07, 6.45) is 0. The number of fused-ring (bicyclic) bond motifs is 1. The van der Waals surface area contributed by atoms with Gasteiger partial charge in [-0.05, 0) is 24.6 Å². The van der Waals surface area contributed by atoms with Gasteiger partial charge in [-0.1, -0.05) is 17.8 Å². The molecular weight excluding hydrogens is 230 g/mol. The molecule has 5 heteroatoms. The number of aliphatic carboxylic acids is 1. The van der Waals surface area contributed by atoms with Crippen LogP contribution in [0.25, 0.3) is 10.2 Å². The van der Waals surface area contributed by atoms with Crippen LogP contribution in [0.2, 0.25) is 0 Å². The van der Waals surface area contributed by atoms with E-state index in [0.29, 0.717) is 0 Å². The topological polar surface area (TPSA) is 50.2 Å². The molecule has 1 heterocycles. The molecule has 0 unspecified atom stereocenters. The molecule has 0 atom stereocenters. The maximum atomic E-state index is 10.4. The maximum Gasteiger partial charge on any atom is 0.313 e. The number of thioether (sulfide) groups is 1. The van der Waals surface area contributed by atoms with Crippen LogP contribution in [0.4, 0.5) is 0 Å². The van der Waals surface area contributed by atoms with Crippen molar-refractivity contribution >= 4 is 39.3 Å². The molecule has 2 rings (SSSR count). The molecule has 0 fully saturated rings. The fourth-order valence-electron chi connectivity index (χ4n) is 1.20. The first kappa shape index (κ1) is 10.4. The Balaban J connectivity index is 2.27. The minimum absolute atomic E-state index is 0.0683. The summed E-state index contributed by atoms with van der Waals surface area (Å²) in [4.78, 5) is 14.7. The molecule has 0 amide bonds. The van der Waals surface area contributed by atoms with Crippen molar-refractivity contribution in [3.05, 3.63) is 23.8 Å². The third-order valence-corrected chi connectivity index (χ3v) is 3.99. The van der Waals surface area contributed by atoms with Gasteiger partial charge in [0, 0.05) is 0 Å². The quantitative estimate of drug-likeness (QED) is 0.837. The van der Waals surface area contributed by atoms with Crippen molar-refractivity contribution in [3.63, 3.8) is 0 Å². The van der Waals surface area contributed by atoms with Crippen molar-refractivity contribution in [2.24, 2.45) is 0 Å². The zero-order valence-electron chi connectivity index (χ0n) is 8.06. The molecule has 0 radical (unpaired) electrons. The van der Waals surface area contributed by atoms with Gasteiger partial charge in [0.25, 0.3) is 0 Å². The fraction of sp³-hybridized carbons (Fsp3) is 0.200. The van der Waals surface area contributed by atoms with Crippen LogP contribution in [0.3, 0.4) is 0 Å². The van der Waals surface area contributed by atoms with E-state index >= 15 is 0 Å². The molecule has 1 aromatic carbocycles. The molecule has 15 heavy (non-hydrogen) atoms. The van der Waals surface area contributed by atoms with Crippen LogP contribution in [0.15, 0.2) is 22.5 Å². The van der Waals surface area contributed by atoms with Gasteiger partial charge in [-0.3, -0.25) is 4.79 Å². The summed E-state index contributed by atoms with van der Waals surface area (Å²) in [5.41, 5.74) is 2.14. The van der Waals surface area contributed by atoms with E-state index in [1.807, 2.05) is 19.1 Å². The van der Waals surface area contributed by atoms with E-state index in [0.717, 1.165) is 14.6 Å². The molecule has 78 valence electrons. The monoisotopic (exact) mass is 239 g/mol. The Labute approximate surface area is 95.1 Å². The summed E-state index contributed by atoms with van der Waals surface area (Å²) in [5.74, 6) is -0.742. The third-order valence-electron chi connectivity index (χ3n) is 1.84. The summed E-state index contributed by atoms with van der Waals surface area (Å²) in [5, 5.41) is 8.55. The van der Waals surface area contributed by atoms with E-state index in [9.17, 15) is 4.79 Å². The molecule has 3 nitrogen and oxygen atoms in total. The summed E-state index contributed by atoms with van der Waals surface area (Å²) in [6, 6.07) is 6.04. The number of nitrogens with zero attached hydrogens (tertiary/aromatic N) is 1. The highest BCUT2D eigenvalue weighted by molar-refractivity contribution is 8.01. The van der Waals surface area contributed by atoms with Crippen LogP contribution < -0.4 is 0 Å². The summed E-state index contributed by atoms with van der Waals surface area (Å²) >= 11 is 2.81. The SMILES string of the molecule is Cc1ccc2nc(SCC(=O)O)sc2c1. The Bertz CT molecular complexity index is 507. The molecule has 1 aromatic heterocycles. The average molecular weight is 239 g/mol. The number of carboxylic acid groups (broad SMARTS) is 1. The van der Waals surface area contributed by atoms with Gasteiger partial charge in [-0.25, -0.2) is 4.98 Å². The molecule has 0 saturated carbocycles. The van der Waals surface area contributed by atoms with Crippen LogP contribution in [0.1, 0.15) is 5.56 Å². The van der Waals surface area contributed by atoms with Crippen molar-refractivity contribution in [2.75, 3.05) is 5.75 Å². The van der Waals surface area contributed by atoms with Crippen LogP contribution in [0.5, 0.6) is 0 Å². The van der Waals surface area contributed by atoms with Crippen LogP contribution in [0, 0.1) is 6.92 Å². The second-order valence-corrected chi connectivity index (χ2v) is 5.39. The molecule has 0 saturated heterocycles. The molecule has 0 aliphatic carbocycles. The second-order valence-electron chi connectivity index (χ2n) is 3.13. The number of aryl methyl sites for hydroxylation is 1. The molecule has 0 aliphatic rings. The highest BCUT2D eigenvalue weighted by atomic mass is 32.2. The summed E-state index contributed by atoms with van der Waals surface area (Å²) < 4.78 is 1.93. The molecule has 0 bridgehead atoms. The van der Waals surface area contributed by atoms with Gasteiger partial charge in [-0.15, -0.1) is 11.3 Å². The normalized spacial score (nSPS) is 10.7. The van der Waals surface area contributed by atoms with Gasteiger partial charge in [0.15, 0.2) is 4.34 Å². The van der Waals surface area contributed by atoms with Crippen molar-refractivity contribution < 1.29 is 9.90 Å². The highest BCUT2D eigenvalue weighted by Gasteiger charge is 2.06. The molecule has 0 aliphatic heterocycles. The standard InChI is InChI=1S/C10H9NO2S2/c1-6-2-3-7-8(4-6)15-10(11-7)14-5-9(12)13/h2-4H,5H2,1H3,(H,12,13). The minimum atomic E-state index is -0.810. The number of thiazole rings is 1. The first-order chi connectivity index (χ1) is 7.15. The zero-order chi connectivity index (χ0) is 10.8. The third kappa shape index (κ3) is 2.49. The molecule has 2 aromatic rings. The highest BCUT2D eigenvalue weighted by Crippen LogP contribution is 2.29. The second kappa shape index (κ2) is 4.20. The summed E-state index contributed by atoms with van der Waals surface area (Å²) in [7, 11) is 0. The lowest BCUT2D eigenvalue weighted by atomic mass is 10.2. The van der Waals surface area contributed by atoms with Crippen LogP contribution in [-0.4, -0.2) is 21.8 Å². The van der Waals surface area contributed by atoms with E-state index in [1.165, 1.54) is 17.3 Å². The lowest BCUT2D eigenvalue weighted by molar-refractivity contribution is -0.133. The number of rotatable bonds is 3. The van der Waals surface area contributed by atoms with Gasteiger partial charge in [0.1, 0.15) is 0 Å². The number of hydrogen-bond donors (Lipinski definition) is 1. The predicted molar refractivity (Wildman–Crippen MR) is 62.7 cm³/mol. The van der Waals surface area contributed by atoms with Crippen LogP contribution in [-0.2, 0) is 4.79 Å². The number of aromatic nitrogens is 1. The van der Waals surface area contributed by atoms with E-state index < -0.39 is 5.97 Å². The number of carboxylic acids is 1. The van der Waals surface area contributed by atoms with Crippen LogP contribution >= 0.6 is 23.1 Å². The number of hydrogen-bond acceptors (Lipinski definition) is 4. The Kier molecular flexibility index (Phi) is 2.93. The molecular formula is C10H9NO2S2. The average Bonchev–Trinajstić information content (AvgIpc) is 2.56. The minimum Gasteiger partial charge on any atom is -0.481 e. The van der Waals surface area contributed by atoms with Gasteiger partial charge in [-0.2, -0.15) is 0 Å². The Morgan fingerprint density at radius 1 is 1.60 bits per heavy atom. The van der Waals surface area contributed by atoms with Gasteiger partial charge in [0.05, 0.1) is 16.0 Å². The van der Waals surface area contributed by atoms with E-state index in [2.05, 4.69) is 11.1 Å². The van der Waals surface area contributed by atoms with Gasteiger partial charge >= 0.3 is 5.97 Å². The van der Waals surface area contributed by atoms with Gasteiger partial charge < -0.3 is 5.11 Å². The lowest BCUT2D eigenvalue weighted by Crippen LogP contribution is -1.96. The number of carbonyl (C=O) groups is 1. The van der Waals surface area contributed by atoms with Gasteiger partial charge in [0.2, 0.25) is 0 Å². The number of benzene rings is 1. The first-order valence-electron chi connectivity index (χ1n) is 4.37. The Hall–Kier alpha value is -1.07. The Morgan fingerprint density at radius 3 is 3.13 bits per heavy atom. The van der Waals surface area contributed by atoms with Crippen molar-refractivity contribution in [2.45, 2.75) is 11.3 Å². The van der Waals surface area contributed by atoms with Crippen molar-refractivity contribution in [1.29, 1.82) is 0 Å². The van der Waals surface area contributed by atoms with E-state index in [-0.39, 0.29) is 5.75 Å². The predicted octanol–water partition coefficient (Wildman–Crippen LogP) is 2.78. The smallest absolute Gasteiger partial charge is 0.313 e. The van der Waals surface area contributed by atoms with E-state index in [4.69, 9.17) is 5.11 Å². The van der Waals surface area contributed by atoms with Crippen molar-refractivity contribution in [3.8, 4) is 0 Å². The molecule has 1 N–H and O–H groups in total. The van der Waals surface area contributed by atoms with Crippen molar-refractivity contribution in [1.82, 2.24) is 4.98 Å². The molecule has 0 spiro atoms. The maximum absolute atomic E-state index is 10.4.